The Labute approximate surface area is 149 Å². The van der Waals surface area contributed by atoms with Crippen LogP contribution in [-0.2, 0) is 24.1 Å². The molecule has 2 N–H and O–H groups in total. The van der Waals surface area contributed by atoms with Gasteiger partial charge in [-0.1, -0.05) is 18.7 Å². The number of nitrogens with zero attached hydrogens (tertiary/aromatic N) is 1. The van der Waals surface area contributed by atoms with Crippen LogP contribution in [0.2, 0.25) is 0 Å². The van der Waals surface area contributed by atoms with Crippen LogP contribution >= 0.6 is 11.3 Å². The van der Waals surface area contributed by atoms with Crippen LogP contribution in [0, 0.1) is 5.82 Å². The molecule has 0 aliphatic carbocycles. The van der Waals surface area contributed by atoms with Crippen LogP contribution in [0.3, 0.4) is 0 Å². The molecule has 0 atom stereocenters. The number of benzene rings is 1. The van der Waals surface area contributed by atoms with Crippen molar-refractivity contribution >= 4 is 23.2 Å². The monoisotopic (exact) mass is 387 g/mol. The maximum absolute atomic E-state index is 14.0. The molecule has 10 heteroatoms. The lowest BCUT2D eigenvalue weighted by Crippen LogP contribution is -2.23. The van der Waals surface area contributed by atoms with Gasteiger partial charge in [0.1, 0.15) is 10.7 Å². The van der Waals surface area contributed by atoms with Crippen molar-refractivity contribution in [1.82, 2.24) is 15.6 Å². The molecule has 2 aromatic rings. The first-order valence-electron chi connectivity index (χ1n) is 7.19. The molecule has 0 saturated carbocycles. The smallest absolute Gasteiger partial charge is 0.348 e. The molecule has 1 heterocycles. The number of halogens is 4. The Hall–Kier alpha value is -2.75. The van der Waals surface area contributed by atoms with E-state index in [1.807, 2.05) is 0 Å². The van der Waals surface area contributed by atoms with Crippen LogP contribution in [0.5, 0.6) is 0 Å². The van der Waals surface area contributed by atoms with Crippen LogP contribution in [0.25, 0.3) is 0 Å². The number of nitrogens with one attached hydrogen (secondary N) is 2. The fourth-order valence-corrected chi connectivity index (χ4v) is 2.58. The molecule has 0 fully saturated rings. The van der Waals surface area contributed by atoms with Crippen molar-refractivity contribution in [3.05, 3.63) is 63.9 Å². The molecule has 0 unspecified atom stereocenters. The lowest BCUT2D eigenvalue weighted by atomic mass is 10.1. The number of alkyl halides is 3. The van der Waals surface area contributed by atoms with Gasteiger partial charge in [0.15, 0.2) is 5.01 Å². The Balaban J connectivity index is 1.96. The quantitative estimate of drug-likeness (QED) is 0.591. The van der Waals surface area contributed by atoms with Crippen LogP contribution in [0.4, 0.5) is 17.6 Å². The molecule has 138 valence electrons. The van der Waals surface area contributed by atoms with E-state index < -0.39 is 28.8 Å². The van der Waals surface area contributed by atoms with Gasteiger partial charge < -0.3 is 10.6 Å². The first-order valence-corrected chi connectivity index (χ1v) is 8.01. The predicted molar refractivity (Wildman–Crippen MR) is 86.7 cm³/mol. The summed E-state index contributed by atoms with van der Waals surface area (Å²) in [5.41, 5.74) is 0.655. The third kappa shape index (κ3) is 5.12. The molecule has 0 aliphatic rings. The molecule has 26 heavy (non-hydrogen) atoms. The molecule has 1 aromatic carbocycles. The van der Waals surface area contributed by atoms with Gasteiger partial charge in [-0.05, 0) is 17.7 Å². The summed E-state index contributed by atoms with van der Waals surface area (Å²) in [6.07, 6.45) is -2.71. The van der Waals surface area contributed by atoms with E-state index in [0.29, 0.717) is 5.56 Å². The summed E-state index contributed by atoms with van der Waals surface area (Å²) in [6, 6.07) is 4.17. The maximum atomic E-state index is 14.0. The second kappa shape index (κ2) is 8.09. The lowest BCUT2D eigenvalue weighted by Gasteiger charge is -2.08. The number of carbonyl (C=O) groups excluding carboxylic acids is 2. The molecular weight excluding hydrogens is 374 g/mol. The van der Waals surface area contributed by atoms with Gasteiger partial charge in [0.2, 0.25) is 5.91 Å². The van der Waals surface area contributed by atoms with Gasteiger partial charge in [-0.15, -0.1) is 11.3 Å². The third-order valence-corrected chi connectivity index (χ3v) is 4.22. The van der Waals surface area contributed by atoms with Crippen molar-refractivity contribution < 1.29 is 27.2 Å². The fourth-order valence-electron chi connectivity index (χ4n) is 1.88. The van der Waals surface area contributed by atoms with Gasteiger partial charge >= 0.3 is 6.18 Å². The summed E-state index contributed by atoms with van der Waals surface area (Å²) in [5, 5.41) is 3.71. The topological polar surface area (TPSA) is 71.1 Å². The van der Waals surface area contributed by atoms with E-state index in [1.165, 1.54) is 12.1 Å². The summed E-state index contributed by atoms with van der Waals surface area (Å²) < 4.78 is 51.5. The van der Waals surface area contributed by atoms with Crippen molar-refractivity contribution in [2.75, 3.05) is 0 Å². The molecule has 0 bridgehead atoms. The third-order valence-electron chi connectivity index (χ3n) is 3.18. The summed E-state index contributed by atoms with van der Waals surface area (Å²) in [7, 11) is 0. The molecule has 0 saturated heterocycles. The Morgan fingerprint density at radius 1 is 1.23 bits per heavy atom. The van der Waals surface area contributed by atoms with Gasteiger partial charge in [-0.2, -0.15) is 13.2 Å². The molecule has 2 rings (SSSR count). The normalized spacial score (nSPS) is 11.1. The van der Waals surface area contributed by atoms with Gasteiger partial charge in [-0.25, -0.2) is 9.37 Å². The van der Waals surface area contributed by atoms with Crippen LogP contribution < -0.4 is 10.6 Å². The van der Waals surface area contributed by atoms with Gasteiger partial charge in [0, 0.05) is 18.7 Å². The van der Waals surface area contributed by atoms with Gasteiger partial charge in [0.25, 0.3) is 5.91 Å². The highest BCUT2D eigenvalue weighted by Gasteiger charge is 2.35. The molecule has 0 radical (unpaired) electrons. The minimum Gasteiger partial charge on any atom is -0.348 e. The van der Waals surface area contributed by atoms with E-state index in [0.717, 1.165) is 12.3 Å². The van der Waals surface area contributed by atoms with E-state index >= 15 is 0 Å². The maximum Gasteiger partial charge on any atom is 0.443 e. The summed E-state index contributed by atoms with van der Waals surface area (Å²) in [4.78, 5) is 25.9. The predicted octanol–water partition coefficient (Wildman–Crippen LogP) is 3.03. The van der Waals surface area contributed by atoms with E-state index in [4.69, 9.17) is 0 Å². The Bertz CT molecular complexity index is 833. The highest BCUT2D eigenvalue weighted by Crippen LogP contribution is 2.32. The van der Waals surface area contributed by atoms with Gasteiger partial charge in [0.05, 0.1) is 6.20 Å². The molecule has 0 aliphatic heterocycles. The number of amides is 2. The zero-order valence-electron chi connectivity index (χ0n) is 13.2. The number of aromatic nitrogens is 1. The summed E-state index contributed by atoms with van der Waals surface area (Å²) >= 11 is 0.211. The van der Waals surface area contributed by atoms with Crippen molar-refractivity contribution in [3.8, 4) is 0 Å². The molecule has 5 nitrogen and oxygen atoms in total. The van der Waals surface area contributed by atoms with E-state index in [9.17, 15) is 27.2 Å². The summed E-state index contributed by atoms with van der Waals surface area (Å²) in [5.74, 6) is -1.79. The van der Waals surface area contributed by atoms with E-state index in [-0.39, 0.29) is 34.9 Å². The Kier molecular flexibility index (Phi) is 6.09. The lowest BCUT2D eigenvalue weighted by molar-refractivity contribution is -0.137. The van der Waals surface area contributed by atoms with Crippen LogP contribution in [-0.4, -0.2) is 16.8 Å². The standard InChI is InChI=1S/C16H13F4N3O2S/c1-2-13(24)21-6-9-3-4-10(11(17)5-9)7-22-14(25)12-8-23-15(26-12)16(18,19)20/h2-5,8H,1,6-7H2,(H,21,24)(H,22,25). The highest BCUT2D eigenvalue weighted by atomic mass is 32.1. The van der Waals surface area contributed by atoms with Crippen molar-refractivity contribution in [2.24, 2.45) is 0 Å². The Morgan fingerprint density at radius 3 is 2.54 bits per heavy atom. The largest absolute Gasteiger partial charge is 0.443 e. The SMILES string of the molecule is C=CC(=O)NCc1ccc(CNC(=O)c2cnc(C(F)(F)F)s2)c(F)c1. The fraction of sp³-hybridized carbons (Fsp3) is 0.188. The molecule has 0 spiro atoms. The van der Waals surface area contributed by atoms with Crippen molar-refractivity contribution in [3.63, 3.8) is 0 Å². The number of carbonyl (C=O) groups is 2. The minimum atomic E-state index is -4.62. The van der Waals surface area contributed by atoms with E-state index in [2.05, 4.69) is 22.2 Å². The first-order chi connectivity index (χ1) is 12.2. The summed E-state index contributed by atoms with van der Waals surface area (Å²) in [6.45, 7) is 3.19. The van der Waals surface area contributed by atoms with Crippen molar-refractivity contribution in [1.29, 1.82) is 0 Å². The minimum absolute atomic E-state index is 0.107. The number of thiazole rings is 1. The number of rotatable bonds is 6. The highest BCUT2D eigenvalue weighted by molar-refractivity contribution is 7.13. The van der Waals surface area contributed by atoms with E-state index in [1.54, 1.807) is 6.07 Å². The average Bonchev–Trinajstić information content (AvgIpc) is 3.09. The molecule has 2 amide bonds. The van der Waals surface area contributed by atoms with Crippen molar-refractivity contribution in [2.45, 2.75) is 19.3 Å². The zero-order valence-corrected chi connectivity index (χ0v) is 14.0. The average molecular weight is 387 g/mol. The van der Waals surface area contributed by atoms with Crippen LogP contribution in [0.1, 0.15) is 25.8 Å². The molecular formula is C16H13F4N3O2S. The number of hydrogen-bond donors (Lipinski definition) is 2. The van der Waals surface area contributed by atoms with Gasteiger partial charge in [-0.3, -0.25) is 9.59 Å². The number of hydrogen-bond acceptors (Lipinski definition) is 4. The zero-order chi connectivity index (χ0) is 19.3. The second-order valence-electron chi connectivity index (χ2n) is 5.06. The van der Waals surface area contributed by atoms with Crippen LogP contribution in [0.15, 0.2) is 37.1 Å². The first kappa shape index (κ1) is 19.6. The Morgan fingerprint density at radius 2 is 1.96 bits per heavy atom. The molecule has 1 aromatic heterocycles. The second-order valence-corrected chi connectivity index (χ2v) is 6.09.